The van der Waals surface area contributed by atoms with E-state index in [9.17, 15) is 19.2 Å². The van der Waals surface area contributed by atoms with Gasteiger partial charge in [0.05, 0.1) is 34.3 Å². The Hall–Kier alpha value is -4.36. The lowest BCUT2D eigenvalue weighted by atomic mass is 9.81. The van der Waals surface area contributed by atoms with Gasteiger partial charge in [-0.1, -0.05) is 79.9 Å². The topological polar surface area (TPSA) is 93.6 Å². The van der Waals surface area contributed by atoms with Gasteiger partial charge in [-0.3, -0.25) is 19.3 Å². The van der Waals surface area contributed by atoms with Gasteiger partial charge in [0.1, 0.15) is 0 Å². The van der Waals surface area contributed by atoms with Crippen molar-refractivity contribution in [3.05, 3.63) is 94.5 Å². The van der Waals surface area contributed by atoms with Crippen LogP contribution in [0.2, 0.25) is 5.02 Å². The van der Waals surface area contributed by atoms with Gasteiger partial charge in [0.25, 0.3) is 0 Å². The summed E-state index contributed by atoms with van der Waals surface area (Å²) in [6, 6.07) is 20.9. The van der Waals surface area contributed by atoms with Crippen molar-refractivity contribution in [1.82, 2.24) is 4.98 Å². The Kier molecular flexibility index (Phi) is 7.84. The number of hydrogen-bond donors (Lipinski definition) is 0. The van der Waals surface area contributed by atoms with Gasteiger partial charge in [0.2, 0.25) is 17.6 Å². The monoisotopic (exact) mass is 594 g/mol. The van der Waals surface area contributed by atoms with Crippen molar-refractivity contribution in [2.45, 2.75) is 52.1 Å². The number of rotatable bonds is 7. The zero-order chi connectivity index (χ0) is 30.2. The molecule has 8 heteroatoms. The number of aryl methyl sites for hydroxylation is 1. The van der Waals surface area contributed by atoms with Gasteiger partial charge in [0, 0.05) is 21.5 Å². The summed E-state index contributed by atoms with van der Waals surface area (Å²) in [5.74, 6) is -1.63. The van der Waals surface area contributed by atoms with Crippen LogP contribution < -0.4 is 4.90 Å². The summed E-state index contributed by atoms with van der Waals surface area (Å²) in [6.45, 7) is 3.63. The van der Waals surface area contributed by atoms with E-state index in [1.165, 1.54) is 4.90 Å². The summed E-state index contributed by atoms with van der Waals surface area (Å²) in [5, 5.41) is 1.06. The molecule has 3 unspecified atom stereocenters. The number of nitrogens with zero attached hydrogens (tertiary/aromatic N) is 2. The second-order valence-corrected chi connectivity index (χ2v) is 11.6. The average Bonchev–Trinajstić information content (AvgIpc) is 3.30. The summed E-state index contributed by atoms with van der Waals surface area (Å²) in [5.41, 5.74) is 3.68. The maximum Gasteiger partial charge on any atom is 0.339 e. The lowest BCUT2D eigenvalue weighted by Gasteiger charge is -2.19. The van der Waals surface area contributed by atoms with Crippen LogP contribution in [-0.2, 0) is 14.3 Å². The molecule has 1 aliphatic heterocycles. The Morgan fingerprint density at radius 1 is 0.953 bits per heavy atom. The van der Waals surface area contributed by atoms with E-state index in [-0.39, 0.29) is 35.0 Å². The third-order valence-electron chi connectivity index (χ3n) is 8.62. The second kappa shape index (κ2) is 11.7. The van der Waals surface area contributed by atoms with Gasteiger partial charge >= 0.3 is 5.97 Å². The number of carbonyl (C=O) groups excluding carboxylic acids is 4. The number of ether oxygens (including phenoxy) is 1. The Balaban J connectivity index is 1.34. The van der Waals surface area contributed by atoms with Crippen molar-refractivity contribution in [1.29, 1.82) is 0 Å². The number of hydrogen-bond acceptors (Lipinski definition) is 6. The number of fused-ring (bicyclic) bond motifs is 2. The Bertz CT molecular complexity index is 1730. The molecule has 1 saturated heterocycles. The Morgan fingerprint density at radius 3 is 2.23 bits per heavy atom. The summed E-state index contributed by atoms with van der Waals surface area (Å²) in [7, 11) is 0. The lowest BCUT2D eigenvalue weighted by Crippen LogP contribution is -2.30. The third kappa shape index (κ3) is 5.23. The van der Waals surface area contributed by atoms with E-state index < -0.39 is 12.1 Å². The minimum atomic E-state index is -0.950. The number of benzene rings is 3. The highest BCUT2D eigenvalue weighted by atomic mass is 35.5. The summed E-state index contributed by atoms with van der Waals surface area (Å²) < 4.78 is 5.80. The molecule has 0 N–H and O–H groups in total. The minimum Gasteiger partial charge on any atom is -0.450 e. The number of pyridine rings is 1. The largest absolute Gasteiger partial charge is 0.450 e. The molecule has 1 saturated carbocycles. The van der Waals surface area contributed by atoms with Crippen LogP contribution >= 0.6 is 11.6 Å². The molecular weight excluding hydrogens is 564 g/mol. The first-order valence-electron chi connectivity index (χ1n) is 14.7. The number of imide groups is 1. The quantitative estimate of drug-likeness (QED) is 0.126. The van der Waals surface area contributed by atoms with Gasteiger partial charge in [-0.25, -0.2) is 9.78 Å². The maximum atomic E-state index is 13.7. The van der Waals surface area contributed by atoms with Crippen LogP contribution in [0.1, 0.15) is 65.3 Å². The first-order valence-corrected chi connectivity index (χ1v) is 15.0. The van der Waals surface area contributed by atoms with E-state index in [2.05, 4.69) is 0 Å². The Labute approximate surface area is 254 Å². The molecule has 2 aliphatic rings. The number of esters is 1. The third-order valence-corrected chi connectivity index (χ3v) is 9.03. The molecule has 1 aliphatic carbocycles. The number of anilines is 1. The van der Waals surface area contributed by atoms with Crippen molar-refractivity contribution in [2.75, 3.05) is 4.90 Å². The van der Waals surface area contributed by atoms with E-state index >= 15 is 0 Å². The fraction of sp³-hybridized carbons (Fsp3) is 0.286. The zero-order valence-electron chi connectivity index (χ0n) is 24.0. The standard InChI is InChI=1S/C35H31ClN2O5/c1-3-30(32(39)22-9-5-4-6-10-22)43-35(42)27-19-29(37-31-20(2)28(36)18-17-24(27)31)21-13-15-23(16-14-21)38-33(40)25-11-7-8-12-26(25)34(38)41/h4-6,9-10,13-19,25-26,30H,3,7-8,11-12H2,1-2H3. The summed E-state index contributed by atoms with van der Waals surface area (Å²) in [6.07, 6.45) is 2.80. The van der Waals surface area contributed by atoms with E-state index in [4.69, 9.17) is 21.3 Å². The van der Waals surface area contributed by atoms with Gasteiger partial charge < -0.3 is 4.74 Å². The molecule has 0 spiro atoms. The Morgan fingerprint density at radius 2 is 1.60 bits per heavy atom. The molecule has 2 fully saturated rings. The maximum absolute atomic E-state index is 13.7. The van der Waals surface area contributed by atoms with Gasteiger partial charge in [-0.15, -0.1) is 0 Å². The number of amides is 2. The van der Waals surface area contributed by atoms with Crippen LogP contribution in [0, 0.1) is 18.8 Å². The lowest BCUT2D eigenvalue weighted by molar-refractivity contribution is -0.122. The SMILES string of the molecule is CCC(OC(=O)c1cc(-c2ccc(N3C(=O)C4CCCCC4C3=O)cc2)nc2c(C)c(Cl)ccc12)C(=O)c1ccccc1. The van der Waals surface area contributed by atoms with Gasteiger partial charge in [-0.2, -0.15) is 0 Å². The number of Topliss-reactive ketones (excluding diaryl/α,β-unsaturated/α-hetero) is 1. The van der Waals surface area contributed by atoms with Crippen molar-refractivity contribution in [3.63, 3.8) is 0 Å². The molecule has 218 valence electrons. The van der Waals surface area contributed by atoms with Crippen LogP contribution in [-0.4, -0.2) is 34.7 Å². The second-order valence-electron chi connectivity index (χ2n) is 11.2. The van der Waals surface area contributed by atoms with Crippen LogP contribution in [0.25, 0.3) is 22.2 Å². The molecule has 43 heavy (non-hydrogen) atoms. The predicted molar refractivity (Wildman–Crippen MR) is 165 cm³/mol. The molecular formula is C35H31ClN2O5. The first-order chi connectivity index (χ1) is 20.8. The smallest absolute Gasteiger partial charge is 0.339 e. The molecule has 1 aromatic heterocycles. The van der Waals surface area contributed by atoms with Gasteiger partial charge in [-0.05, 0) is 56.0 Å². The van der Waals surface area contributed by atoms with Crippen molar-refractivity contribution < 1.29 is 23.9 Å². The molecule has 3 atom stereocenters. The molecule has 2 heterocycles. The molecule has 0 bridgehead atoms. The predicted octanol–water partition coefficient (Wildman–Crippen LogP) is 7.36. The highest BCUT2D eigenvalue weighted by molar-refractivity contribution is 6.32. The summed E-state index contributed by atoms with van der Waals surface area (Å²) >= 11 is 6.44. The fourth-order valence-electron chi connectivity index (χ4n) is 6.22. The molecule has 3 aromatic carbocycles. The minimum absolute atomic E-state index is 0.128. The molecule has 2 amide bonds. The van der Waals surface area contributed by atoms with Crippen molar-refractivity contribution in [2.24, 2.45) is 11.8 Å². The fourth-order valence-corrected chi connectivity index (χ4v) is 6.37. The van der Waals surface area contributed by atoms with Crippen LogP contribution in [0.3, 0.4) is 0 Å². The van der Waals surface area contributed by atoms with Crippen molar-refractivity contribution >= 4 is 51.8 Å². The molecule has 6 rings (SSSR count). The van der Waals surface area contributed by atoms with Crippen LogP contribution in [0.5, 0.6) is 0 Å². The number of carbonyl (C=O) groups is 4. The normalized spacial score (nSPS) is 18.9. The molecule has 4 aromatic rings. The molecule has 0 radical (unpaired) electrons. The van der Waals surface area contributed by atoms with Gasteiger partial charge in [0.15, 0.2) is 6.10 Å². The average molecular weight is 595 g/mol. The van der Waals surface area contributed by atoms with E-state index in [1.807, 2.05) is 13.0 Å². The number of halogens is 1. The molecule has 7 nitrogen and oxygen atoms in total. The first kappa shape index (κ1) is 28.7. The number of aromatic nitrogens is 1. The van der Waals surface area contributed by atoms with E-state index in [0.717, 1.165) is 25.7 Å². The van der Waals surface area contributed by atoms with Crippen LogP contribution in [0.15, 0.2) is 72.8 Å². The van der Waals surface area contributed by atoms with E-state index in [1.54, 1.807) is 73.7 Å². The van der Waals surface area contributed by atoms with Crippen LogP contribution in [0.4, 0.5) is 5.69 Å². The number of ketones is 1. The van der Waals surface area contributed by atoms with E-state index in [0.29, 0.717) is 50.4 Å². The highest BCUT2D eigenvalue weighted by Crippen LogP contribution is 2.40. The zero-order valence-corrected chi connectivity index (χ0v) is 24.8. The highest BCUT2D eigenvalue weighted by Gasteiger charge is 2.48. The summed E-state index contributed by atoms with van der Waals surface area (Å²) in [4.78, 5) is 59.1. The van der Waals surface area contributed by atoms with Crippen molar-refractivity contribution in [3.8, 4) is 11.3 Å².